The fourth-order valence-corrected chi connectivity index (χ4v) is 2.37. The van der Waals surface area contributed by atoms with Crippen LogP contribution in [0.25, 0.3) is 0 Å². The van der Waals surface area contributed by atoms with E-state index in [9.17, 15) is 18.0 Å². The number of carbonyl (C=O) groups excluding carboxylic acids is 1. The largest absolute Gasteiger partial charge is 0.416 e. The Balaban J connectivity index is 3.18. The van der Waals surface area contributed by atoms with Crippen molar-refractivity contribution in [2.45, 2.75) is 32.4 Å². The van der Waals surface area contributed by atoms with Crippen LogP contribution >= 0.6 is 15.9 Å². The minimum absolute atomic E-state index is 0.0482. The van der Waals surface area contributed by atoms with Crippen LogP contribution in [0.5, 0.6) is 0 Å². The Morgan fingerprint density at radius 1 is 1.41 bits per heavy atom. The van der Waals surface area contributed by atoms with E-state index in [1.54, 1.807) is 0 Å². The Kier molecular flexibility index (Phi) is 4.36. The van der Waals surface area contributed by atoms with Crippen molar-refractivity contribution in [2.75, 3.05) is 0 Å². The van der Waals surface area contributed by atoms with Crippen LogP contribution < -0.4 is 0 Å². The number of carbonyl (C=O) groups is 1. The molecule has 1 rings (SSSR count). The van der Waals surface area contributed by atoms with E-state index in [4.69, 9.17) is 0 Å². The van der Waals surface area contributed by atoms with Gasteiger partial charge in [0.2, 0.25) is 0 Å². The van der Waals surface area contributed by atoms with E-state index < -0.39 is 11.7 Å². The molecule has 0 radical (unpaired) electrons. The molecule has 0 spiro atoms. The average Bonchev–Trinajstić information content (AvgIpc) is 2.19. The second-order valence-electron chi connectivity index (χ2n) is 3.81. The average molecular weight is 309 g/mol. The fraction of sp³-hybridized carbons (Fsp3) is 0.417. The Morgan fingerprint density at radius 2 is 2.00 bits per heavy atom. The number of rotatable bonds is 3. The highest BCUT2D eigenvalue weighted by atomic mass is 79.9. The van der Waals surface area contributed by atoms with E-state index in [-0.39, 0.29) is 11.7 Å². The molecule has 0 N–H and O–H groups in total. The number of hydrogen-bond acceptors (Lipinski definition) is 1. The van der Waals surface area contributed by atoms with E-state index in [2.05, 4.69) is 15.9 Å². The minimum Gasteiger partial charge on any atom is -0.299 e. The molecule has 1 nitrogen and oxygen atoms in total. The Hall–Kier alpha value is -0.840. The molecule has 0 bridgehead atoms. The van der Waals surface area contributed by atoms with Crippen molar-refractivity contribution in [3.8, 4) is 0 Å². The zero-order valence-corrected chi connectivity index (χ0v) is 11.0. The summed E-state index contributed by atoms with van der Waals surface area (Å²) in [6.07, 6.45) is -3.79. The summed E-state index contributed by atoms with van der Waals surface area (Å²) in [6.45, 7) is 3.27. The maximum atomic E-state index is 12.5. The molecule has 0 aliphatic heterocycles. The molecule has 0 aliphatic rings. The van der Waals surface area contributed by atoms with Crippen molar-refractivity contribution in [3.05, 3.63) is 33.8 Å². The molecule has 1 unspecified atom stereocenters. The van der Waals surface area contributed by atoms with E-state index in [1.165, 1.54) is 13.0 Å². The van der Waals surface area contributed by atoms with Gasteiger partial charge in [0.15, 0.2) is 0 Å². The third-order valence-electron chi connectivity index (χ3n) is 2.60. The number of ketones is 1. The molecule has 17 heavy (non-hydrogen) atoms. The van der Waals surface area contributed by atoms with Crippen molar-refractivity contribution >= 4 is 21.7 Å². The normalized spacial score (nSPS) is 13.5. The van der Waals surface area contributed by atoms with Crippen LogP contribution in [-0.2, 0) is 11.0 Å². The first-order valence-electron chi connectivity index (χ1n) is 5.14. The molecule has 1 atom stereocenters. The molecular formula is C12H12BrF3O. The highest BCUT2D eigenvalue weighted by Crippen LogP contribution is 2.35. The smallest absolute Gasteiger partial charge is 0.299 e. The van der Waals surface area contributed by atoms with Crippen LogP contribution in [0.4, 0.5) is 13.2 Å². The van der Waals surface area contributed by atoms with Crippen LogP contribution in [0.2, 0.25) is 0 Å². The summed E-state index contributed by atoms with van der Waals surface area (Å²) >= 11 is 3.10. The van der Waals surface area contributed by atoms with Crippen molar-refractivity contribution < 1.29 is 18.0 Å². The van der Waals surface area contributed by atoms with Gasteiger partial charge in [0.05, 0.1) is 5.56 Å². The summed E-state index contributed by atoms with van der Waals surface area (Å²) in [7, 11) is 0. The van der Waals surface area contributed by atoms with Crippen LogP contribution in [-0.4, -0.2) is 5.78 Å². The van der Waals surface area contributed by atoms with E-state index in [0.29, 0.717) is 16.5 Å². The number of hydrogen-bond donors (Lipinski definition) is 0. The van der Waals surface area contributed by atoms with Crippen molar-refractivity contribution in [1.29, 1.82) is 0 Å². The lowest BCUT2D eigenvalue weighted by Crippen LogP contribution is -2.10. The zero-order valence-electron chi connectivity index (χ0n) is 9.44. The van der Waals surface area contributed by atoms with Gasteiger partial charge in [0.1, 0.15) is 5.78 Å². The van der Waals surface area contributed by atoms with Gasteiger partial charge in [-0.1, -0.05) is 28.9 Å². The molecule has 1 aromatic rings. The summed E-state index contributed by atoms with van der Waals surface area (Å²) in [6, 6.07) is 3.38. The molecule has 5 heteroatoms. The number of Topliss-reactive ketones (excluding diaryl/α,β-unsaturated/α-hetero) is 1. The first-order chi connectivity index (χ1) is 7.77. The van der Waals surface area contributed by atoms with Gasteiger partial charge in [-0.2, -0.15) is 13.2 Å². The molecular weight excluding hydrogens is 297 g/mol. The van der Waals surface area contributed by atoms with Gasteiger partial charge in [-0.3, -0.25) is 4.79 Å². The van der Waals surface area contributed by atoms with Gasteiger partial charge in [-0.15, -0.1) is 0 Å². The van der Waals surface area contributed by atoms with E-state index >= 15 is 0 Å². The molecule has 0 heterocycles. The molecule has 1 aromatic carbocycles. The van der Waals surface area contributed by atoms with Gasteiger partial charge >= 0.3 is 6.18 Å². The predicted molar refractivity (Wildman–Crippen MR) is 62.9 cm³/mol. The molecule has 0 fully saturated rings. The first kappa shape index (κ1) is 14.2. The maximum Gasteiger partial charge on any atom is 0.416 e. The van der Waals surface area contributed by atoms with Gasteiger partial charge < -0.3 is 0 Å². The first-order valence-corrected chi connectivity index (χ1v) is 5.93. The monoisotopic (exact) mass is 308 g/mol. The molecule has 0 saturated heterocycles. The molecule has 0 amide bonds. The molecule has 0 saturated carbocycles. The van der Waals surface area contributed by atoms with Crippen LogP contribution in [0.1, 0.15) is 37.3 Å². The van der Waals surface area contributed by atoms with Crippen LogP contribution in [0.15, 0.2) is 22.7 Å². The van der Waals surface area contributed by atoms with Gasteiger partial charge in [0.25, 0.3) is 0 Å². The van der Waals surface area contributed by atoms with Gasteiger partial charge in [0, 0.05) is 10.4 Å². The molecule has 0 aromatic heterocycles. The topological polar surface area (TPSA) is 17.1 Å². The Morgan fingerprint density at radius 3 is 2.35 bits per heavy atom. The molecule has 94 valence electrons. The lowest BCUT2D eigenvalue weighted by atomic mass is 9.92. The highest BCUT2D eigenvalue weighted by Gasteiger charge is 2.31. The summed E-state index contributed by atoms with van der Waals surface area (Å²) in [5, 5.41) is 0. The minimum atomic E-state index is -4.36. The third-order valence-corrected chi connectivity index (χ3v) is 3.29. The second-order valence-corrected chi connectivity index (χ2v) is 4.66. The lowest BCUT2D eigenvalue weighted by Gasteiger charge is -2.15. The molecule has 0 aliphatic carbocycles. The van der Waals surface area contributed by atoms with E-state index in [0.717, 1.165) is 12.1 Å². The quantitative estimate of drug-likeness (QED) is 0.800. The van der Waals surface area contributed by atoms with Crippen LogP contribution in [0, 0.1) is 0 Å². The second kappa shape index (κ2) is 5.21. The number of halogens is 4. The highest BCUT2D eigenvalue weighted by molar-refractivity contribution is 9.10. The van der Waals surface area contributed by atoms with E-state index in [1.807, 2.05) is 6.92 Å². The summed E-state index contributed by atoms with van der Waals surface area (Å²) in [4.78, 5) is 11.4. The Bertz CT molecular complexity index is 426. The van der Waals surface area contributed by atoms with Gasteiger partial charge in [-0.05, 0) is 31.0 Å². The van der Waals surface area contributed by atoms with Crippen molar-refractivity contribution in [2.24, 2.45) is 0 Å². The number of benzene rings is 1. The van der Waals surface area contributed by atoms with Gasteiger partial charge in [-0.25, -0.2) is 0 Å². The predicted octanol–water partition coefficient (Wildman–Crippen LogP) is 4.55. The van der Waals surface area contributed by atoms with Crippen molar-refractivity contribution in [3.63, 3.8) is 0 Å². The standard InChI is InChI=1S/C12H12BrF3O/c1-3-9(7(2)17)10-5-4-8(6-11(10)13)12(14,15)16/h4-6,9H,3H2,1-2H3. The van der Waals surface area contributed by atoms with Crippen LogP contribution in [0.3, 0.4) is 0 Å². The lowest BCUT2D eigenvalue weighted by molar-refractivity contribution is -0.137. The summed E-state index contributed by atoms with van der Waals surface area (Å²) < 4.78 is 37.7. The summed E-state index contributed by atoms with van der Waals surface area (Å²) in [5.41, 5.74) is -0.112. The fourth-order valence-electron chi connectivity index (χ4n) is 1.71. The number of alkyl halides is 3. The summed E-state index contributed by atoms with van der Waals surface area (Å²) in [5.74, 6) is -0.403. The maximum absolute atomic E-state index is 12.5. The third kappa shape index (κ3) is 3.31. The van der Waals surface area contributed by atoms with Crippen molar-refractivity contribution in [1.82, 2.24) is 0 Å². The Labute approximate surface area is 106 Å². The zero-order chi connectivity index (χ0) is 13.2. The SMILES string of the molecule is CCC(C(C)=O)c1ccc(C(F)(F)F)cc1Br.